The third kappa shape index (κ3) is 3.43. The summed E-state index contributed by atoms with van der Waals surface area (Å²) in [4.78, 5) is 31.2. The Morgan fingerprint density at radius 1 is 1.00 bits per heavy atom. The van der Waals surface area contributed by atoms with Crippen molar-refractivity contribution in [2.75, 3.05) is 26.2 Å². The second-order valence-electron chi connectivity index (χ2n) is 5.67. The van der Waals surface area contributed by atoms with E-state index < -0.39 is 5.82 Å². The van der Waals surface area contributed by atoms with Gasteiger partial charge in [-0.05, 0) is 30.7 Å². The number of H-pyrrole nitrogens is 1. The summed E-state index contributed by atoms with van der Waals surface area (Å²) >= 11 is 5.75. The normalized spacial score (nSPS) is 15.2. The topological polar surface area (TPSA) is 56.4 Å². The number of aromatic amines is 1. The van der Waals surface area contributed by atoms with Gasteiger partial charge in [0.25, 0.3) is 11.8 Å². The minimum absolute atomic E-state index is 0.0459. The zero-order chi connectivity index (χ0) is 17.1. The zero-order valence-electron chi connectivity index (χ0n) is 13.0. The van der Waals surface area contributed by atoms with E-state index in [4.69, 9.17) is 11.6 Å². The van der Waals surface area contributed by atoms with E-state index in [-0.39, 0.29) is 16.8 Å². The molecular formula is C17H17ClFN3O2. The van der Waals surface area contributed by atoms with Crippen LogP contribution in [0, 0.1) is 5.82 Å². The first kappa shape index (κ1) is 16.5. The maximum Gasteiger partial charge on any atom is 0.255 e. The lowest BCUT2D eigenvalue weighted by Gasteiger charge is -2.22. The minimum atomic E-state index is -0.549. The van der Waals surface area contributed by atoms with Crippen molar-refractivity contribution in [3.05, 3.63) is 58.6 Å². The molecule has 0 spiro atoms. The number of carbonyl (C=O) groups excluding carboxylic acids is 2. The Kier molecular flexibility index (Phi) is 4.85. The first-order valence-electron chi connectivity index (χ1n) is 7.72. The molecule has 0 aliphatic carbocycles. The number of hydrogen-bond donors (Lipinski definition) is 1. The number of halogens is 2. The third-order valence-electron chi connectivity index (χ3n) is 4.08. The number of aromatic nitrogens is 1. The van der Waals surface area contributed by atoms with Crippen LogP contribution in [0.5, 0.6) is 0 Å². The van der Waals surface area contributed by atoms with Gasteiger partial charge in [-0.15, -0.1) is 0 Å². The highest BCUT2D eigenvalue weighted by Crippen LogP contribution is 2.18. The van der Waals surface area contributed by atoms with Gasteiger partial charge in [-0.3, -0.25) is 9.59 Å². The van der Waals surface area contributed by atoms with Gasteiger partial charge in [-0.2, -0.15) is 0 Å². The van der Waals surface area contributed by atoms with Crippen LogP contribution in [-0.2, 0) is 0 Å². The monoisotopic (exact) mass is 349 g/mol. The molecule has 0 saturated carbocycles. The molecule has 1 N–H and O–H groups in total. The summed E-state index contributed by atoms with van der Waals surface area (Å²) in [5.41, 5.74) is 0.965. The van der Waals surface area contributed by atoms with Gasteiger partial charge >= 0.3 is 0 Å². The Morgan fingerprint density at radius 3 is 2.25 bits per heavy atom. The molecule has 7 heteroatoms. The van der Waals surface area contributed by atoms with Crippen LogP contribution in [0.1, 0.15) is 27.1 Å². The Labute approximate surface area is 144 Å². The van der Waals surface area contributed by atoms with Crippen molar-refractivity contribution in [1.29, 1.82) is 0 Å². The highest BCUT2D eigenvalue weighted by molar-refractivity contribution is 6.31. The Morgan fingerprint density at radius 2 is 1.67 bits per heavy atom. The van der Waals surface area contributed by atoms with E-state index in [1.165, 1.54) is 18.2 Å². The fraction of sp³-hybridized carbons (Fsp3) is 0.294. The predicted molar refractivity (Wildman–Crippen MR) is 88.6 cm³/mol. The Bertz CT molecular complexity index is 748. The standard InChI is InChI=1S/C17H17ClFN3O2/c18-14-10-12(2-3-15(14)19)16(23)21-6-1-7-22(9-8-21)17(24)13-4-5-20-11-13/h2-5,10-11,20H,1,6-9H2. The molecule has 2 amide bonds. The molecule has 126 valence electrons. The lowest BCUT2D eigenvalue weighted by Crippen LogP contribution is -2.37. The number of hydrogen-bond acceptors (Lipinski definition) is 2. The summed E-state index contributed by atoms with van der Waals surface area (Å²) in [7, 11) is 0. The van der Waals surface area contributed by atoms with E-state index >= 15 is 0 Å². The maximum absolute atomic E-state index is 13.2. The maximum atomic E-state index is 13.2. The van der Waals surface area contributed by atoms with Gasteiger partial charge in [0.15, 0.2) is 0 Å². The van der Waals surface area contributed by atoms with Gasteiger partial charge in [-0.1, -0.05) is 11.6 Å². The van der Waals surface area contributed by atoms with E-state index in [0.717, 1.165) is 0 Å². The summed E-state index contributed by atoms with van der Waals surface area (Å²) in [5.74, 6) is -0.796. The van der Waals surface area contributed by atoms with Crippen molar-refractivity contribution < 1.29 is 14.0 Å². The predicted octanol–water partition coefficient (Wildman–Crippen LogP) is 2.80. The molecule has 1 aromatic heterocycles. The second-order valence-corrected chi connectivity index (χ2v) is 6.07. The van der Waals surface area contributed by atoms with Crippen LogP contribution in [0.15, 0.2) is 36.7 Å². The number of carbonyl (C=O) groups is 2. The zero-order valence-corrected chi connectivity index (χ0v) is 13.7. The van der Waals surface area contributed by atoms with Crippen LogP contribution in [0.25, 0.3) is 0 Å². The fourth-order valence-electron chi connectivity index (χ4n) is 2.77. The average Bonchev–Trinajstić information content (AvgIpc) is 3.00. The molecular weight excluding hydrogens is 333 g/mol. The minimum Gasteiger partial charge on any atom is -0.367 e. The summed E-state index contributed by atoms with van der Waals surface area (Å²) < 4.78 is 13.2. The number of amides is 2. The van der Waals surface area contributed by atoms with Gasteiger partial charge in [0.05, 0.1) is 10.6 Å². The van der Waals surface area contributed by atoms with Crippen LogP contribution in [0.4, 0.5) is 4.39 Å². The molecule has 0 radical (unpaired) electrons. The van der Waals surface area contributed by atoms with Crippen LogP contribution >= 0.6 is 11.6 Å². The van der Waals surface area contributed by atoms with Crippen molar-refractivity contribution in [2.24, 2.45) is 0 Å². The largest absolute Gasteiger partial charge is 0.367 e. The summed E-state index contributed by atoms with van der Waals surface area (Å²) in [5, 5.41) is -0.0695. The van der Waals surface area contributed by atoms with E-state index in [1.807, 2.05) is 0 Å². The fourth-order valence-corrected chi connectivity index (χ4v) is 2.96. The van der Waals surface area contributed by atoms with Crippen LogP contribution in [-0.4, -0.2) is 52.8 Å². The van der Waals surface area contributed by atoms with Gasteiger partial charge in [-0.25, -0.2) is 4.39 Å². The van der Waals surface area contributed by atoms with Crippen molar-refractivity contribution in [2.45, 2.75) is 6.42 Å². The quantitative estimate of drug-likeness (QED) is 0.906. The Hall–Kier alpha value is -2.34. The summed E-state index contributed by atoms with van der Waals surface area (Å²) in [6, 6.07) is 5.69. The van der Waals surface area contributed by atoms with E-state index in [2.05, 4.69) is 4.98 Å². The molecule has 2 heterocycles. The van der Waals surface area contributed by atoms with E-state index in [0.29, 0.717) is 43.7 Å². The first-order valence-corrected chi connectivity index (χ1v) is 8.10. The van der Waals surface area contributed by atoms with Gasteiger partial charge in [0.2, 0.25) is 0 Å². The molecule has 24 heavy (non-hydrogen) atoms. The molecule has 0 atom stereocenters. The number of benzene rings is 1. The van der Waals surface area contributed by atoms with Crippen molar-refractivity contribution in [3.8, 4) is 0 Å². The number of nitrogens with one attached hydrogen (secondary N) is 1. The van der Waals surface area contributed by atoms with Gasteiger partial charge in [0, 0.05) is 44.1 Å². The molecule has 5 nitrogen and oxygen atoms in total. The SMILES string of the molecule is O=C(c1cc[nH]c1)N1CCCN(C(=O)c2ccc(F)c(Cl)c2)CC1. The third-order valence-corrected chi connectivity index (χ3v) is 4.37. The summed E-state index contributed by atoms with van der Waals surface area (Å²) in [6.07, 6.45) is 4.06. The second kappa shape index (κ2) is 7.05. The molecule has 2 aromatic rings. The highest BCUT2D eigenvalue weighted by atomic mass is 35.5. The smallest absolute Gasteiger partial charge is 0.255 e. The Balaban J connectivity index is 1.67. The molecule has 0 unspecified atom stereocenters. The molecule has 1 aliphatic rings. The van der Waals surface area contributed by atoms with Crippen LogP contribution < -0.4 is 0 Å². The molecule has 1 saturated heterocycles. The van der Waals surface area contributed by atoms with Crippen molar-refractivity contribution in [1.82, 2.24) is 14.8 Å². The lowest BCUT2D eigenvalue weighted by molar-refractivity contribution is 0.0719. The molecule has 1 aromatic carbocycles. The molecule has 3 rings (SSSR count). The molecule has 1 fully saturated rings. The number of rotatable bonds is 2. The van der Waals surface area contributed by atoms with Crippen molar-refractivity contribution >= 4 is 23.4 Å². The number of nitrogens with zero attached hydrogens (tertiary/aromatic N) is 2. The van der Waals surface area contributed by atoms with Crippen molar-refractivity contribution in [3.63, 3.8) is 0 Å². The van der Waals surface area contributed by atoms with Gasteiger partial charge < -0.3 is 14.8 Å². The lowest BCUT2D eigenvalue weighted by atomic mass is 10.2. The van der Waals surface area contributed by atoms with E-state index in [1.54, 1.807) is 28.3 Å². The van der Waals surface area contributed by atoms with Crippen LogP contribution in [0.3, 0.4) is 0 Å². The first-order chi connectivity index (χ1) is 11.6. The summed E-state index contributed by atoms with van der Waals surface area (Å²) in [6.45, 7) is 2.04. The highest BCUT2D eigenvalue weighted by Gasteiger charge is 2.24. The van der Waals surface area contributed by atoms with E-state index in [9.17, 15) is 14.0 Å². The van der Waals surface area contributed by atoms with Gasteiger partial charge in [0.1, 0.15) is 5.82 Å². The van der Waals surface area contributed by atoms with Crippen LogP contribution in [0.2, 0.25) is 5.02 Å². The average molecular weight is 350 g/mol. The molecule has 0 bridgehead atoms. The molecule has 1 aliphatic heterocycles.